The van der Waals surface area contributed by atoms with Gasteiger partial charge in [-0.25, -0.2) is 8.42 Å². The summed E-state index contributed by atoms with van der Waals surface area (Å²) in [6.45, 7) is 9.23. The third-order valence-electron chi connectivity index (χ3n) is 5.25. The van der Waals surface area contributed by atoms with Crippen LogP contribution in [0.5, 0.6) is 0 Å². The lowest BCUT2D eigenvalue weighted by Crippen LogP contribution is -2.46. The van der Waals surface area contributed by atoms with Gasteiger partial charge in [-0.05, 0) is 55.4 Å². The molecule has 1 saturated heterocycles. The van der Waals surface area contributed by atoms with Gasteiger partial charge in [0.15, 0.2) is 9.84 Å². The number of benzene rings is 2. The van der Waals surface area contributed by atoms with Crippen molar-refractivity contribution in [2.45, 2.75) is 18.7 Å². The minimum Gasteiger partial charge on any atom is -0.369 e. The number of carbonyl (C=O) groups excluding carboxylic acids is 1. The summed E-state index contributed by atoms with van der Waals surface area (Å²) in [6, 6.07) is 10.1. The van der Waals surface area contributed by atoms with Crippen LogP contribution in [0.1, 0.15) is 22.8 Å². The van der Waals surface area contributed by atoms with Crippen LogP contribution in [0.25, 0.3) is 0 Å². The van der Waals surface area contributed by atoms with Crippen LogP contribution >= 0.6 is 11.6 Å². The number of halogens is 1. The zero-order valence-electron chi connectivity index (χ0n) is 16.9. The Hall–Kier alpha value is -2.09. The van der Waals surface area contributed by atoms with Crippen LogP contribution in [-0.4, -0.2) is 58.2 Å². The zero-order chi connectivity index (χ0) is 21.2. The number of hydrogen-bond acceptors (Lipinski definition) is 5. The van der Waals surface area contributed by atoms with Crippen molar-refractivity contribution >= 4 is 38.7 Å². The summed E-state index contributed by atoms with van der Waals surface area (Å²) in [5, 5.41) is 3.05. The molecule has 0 radical (unpaired) electrons. The van der Waals surface area contributed by atoms with Crippen LogP contribution in [0, 0.1) is 6.92 Å². The second-order valence-electron chi connectivity index (χ2n) is 7.29. The Morgan fingerprint density at radius 3 is 2.38 bits per heavy atom. The maximum atomic E-state index is 12.7. The molecule has 2 aromatic rings. The first-order valence-electron chi connectivity index (χ1n) is 9.58. The molecule has 1 heterocycles. The van der Waals surface area contributed by atoms with Crippen LogP contribution in [-0.2, 0) is 9.84 Å². The number of nitrogens with one attached hydrogen (secondary N) is 1. The van der Waals surface area contributed by atoms with E-state index < -0.39 is 15.7 Å². The molecule has 156 valence electrons. The van der Waals surface area contributed by atoms with Gasteiger partial charge in [0.25, 0.3) is 5.91 Å². The Bertz CT molecular complexity index is 1020. The predicted octanol–water partition coefficient (Wildman–Crippen LogP) is 3.45. The fraction of sp³-hybridized carbons (Fsp3) is 0.381. The first kappa shape index (κ1) is 21.6. The Morgan fingerprint density at radius 2 is 1.79 bits per heavy atom. The van der Waals surface area contributed by atoms with Crippen LogP contribution in [0.4, 0.5) is 11.4 Å². The van der Waals surface area contributed by atoms with E-state index in [1.165, 1.54) is 18.2 Å². The molecule has 0 spiro atoms. The number of carbonyl (C=O) groups is 1. The lowest BCUT2D eigenvalue weighted by atomic mass is 10.1. The highest BCUT2D eigenvalue weighted by atomic mass is 35.5. The van der Waals surface area contributed by atoms with Crippen molar-refractivity contribution in [1.82, 2.24) is 4.90 Å². The van der Waals surface area contributed by atoms with Crippen molar-refractivity contribution < 1.29 is 13.2 Å². The Morgan fingerprint density at radius 1 is 1.10 bits per heavy atom. The van der Waals surface area contributed by atoms with Gasteiger partial charge in [-0.1, -0.05) is 18.5 Å². The molecule has 0 saturated carbocycles. The molecule has 1 fully saturated rings. The average molecular weight is 436 g/mol. The van der Waals surface area contributed by atoms with Crippen molar-refractivity contribution in [2.75, 3.05) is 49.2 Å². The van der Waals surface area contributed by atoms with Crippen LogP contribution in [0.15, 0.2) is 41.3 Å². The monoisotopic (exact) mass is 435 g/mol. The van der Waals surface area contributed by atoms with E-state index >= 15 is 0 Å². The summed E-state index contributed by atoms with van der Waals surface area (Å²) in [6.07, 6.45) is 1.10. The lowest BCUT2D eigenvalue weighted by molar-refractivity contribution is 0.102. The highest BCUT2D eigenvalue weighted by molar-refractivity contribution is 7.90. The topological polar surface area (TPSA) is 69.7 Å². The van der Waals surface area contributed by atoms with Gasteiger partial charge < -0.3 is 15.1 Å². The minimum absolute atomic E-state index is 0.0605. The molecule has 8 heteroatoms. The third-order valence-corrected chi connectivity index (χ3v) is 6.69. The number of nitrogens with zero attached hydrogens (tertiary/aromatic N) is 2. The molecule has 1 amide bonds. The molecule has 1 aliphatic rings. The summed E-state index contributed by atoms with van der Waals surface area (Å²) in [5.41, 5.74) is 2.87. The largest absolute Gasteiger partial charge is 0.369 e. The molecular weight excluding hydrogens is 410 g/mol. The van der Waals surface area contributed by atoms with E-state index in [4.69, 9.17) is 11.6 Å². The van der Waals surface area contributed by atoms with E-state index in [2.05, 4.69) is 28.1 Å². The first-order valence-corrected chi connectivity index (χ1v) is 11.8. The maximum Gasteiger partial charge on any atom is 0.257 e. The van der Waals surface area contributed by atoms with Gasteiger partial charge in [0.05, 0.1) is 15.5 Å². The summed E-state index contributed by atoms with van der Waals surface area (Å²) < 4.78 is 23.6. The first-order chi connectivity index (χ1) is 13.7. The SMILES string of the molecule is CCN1CCN(c2ccc(NC(=O)c3cc(S(C)(=O)=O)ccc3Cl)c(C)c2)CC1. The number of aryl methyl sites for hydroxylation is 1. The van der Waals surface area contributed by atoms with Gasteiger partial charge in [0.1, 0.15) is 0 Å². The number of sulfone groups is 1. The fourth-order valence-electron chi connectivity index (χ4n) is 3.41. The van der Waals surface area contributed by atoms with Crippen LogP contribution in [0.2, 0.25) is 5.02 Å². The maximum absolute atomic E-state index is 12.7. The molecular formula is C21H26ClN3O3S. The van der Waals surface area contributed by atoms with E-state index in [1.54, 1.807) is 0 Å². The molecule has 0 aliphatic carbocycles. The number of hydrogen-bond donors (Lipinski definition) is 1. The number of anilines is 2. The smallest absolute Gasteiger partial charge is 0.257 e. The third kappa shape index (κ3) is 5.10. The van der Waals surface area contributed by atoms with Crippen molar-refractivity contribution in [2.24, 2.45) is 0 Å². The van der Waals surface area contributed by atoms with Crippen molar-refractivity contribution in [3.63, 3.8) is 0 Å². The Kier molecular flexibility index (Phi) is 6.51. The molecule has 29 heavy (non-hydrogen) atoms. The molecule has 6 nitrogen and oxygen atoms in total. The molecule has 0 aromatic heterocycles. The Balaban J connectivity index is 1.76. The highest BCUT2D eigenvalue weighted by Gasteiger charge is 2.18. The quantitative estimate of drug-likeness (QED) is 0.778. The predicted molar refractivity (Wildman–Crippen MR) is 118 cm³/mol. The van der Waals surface area contributed by atoms with Crippen molar-refractivity contribution in [3.05, 3.63) is 52.5 Å². The fourth-order valence-corrected chi connectivity index (χ4v) is 4.26. The van der Waals surface area contributed by atoms with Crippen LogP contribution < -0.4 is 10.2 Å². The van der Waals surface area contributed by atoms with E-state index in [0.717, 1.165) is 50.2 Å². The standard InChI is InChI=1S/C21H26ClN3O3S/c1-4-24-9-11-25(12-10-24)16-5-8-20(15(2)13-16)23-21(26)18-14-17(29(3,27)28)6-7-19(18)22/h5-8,13-14H,4,9-12H2,1-3H3,(H,23,26). The van der Waals surface area contributed by atoms with Gasteiger partial charge in [-0.3, -0.25) is 4.79 Å². The van der Waals surface area contributed by atoms with Crippen LogP contribution in [0.3, 0.4) is 0 Å². The Labute approximate surface area is 177 Å². The normalized spacial score (nSPS) is 15.4. The van der Waals surface area contributed by atoms with Gasteiger partial charge in [0, 0.05) is 43.8 Å². The molecule has 1 aliphatic heterocycles. The van der Waals surface area contributed by atoms with E-state index in [0.29, 0.717) is 5.69 Å². The molecule has 0 unspecified atom stereocenters. The molecule has 3 rings (SSSR count). The van der Waals surface area contributed by atoms with Crippen molar-refractivity contribution in [1.29, 1.82) is 0 Å². The molecule has 0 atom stereocenters. The number of piperazine rings is 1. The molecule has 0 bridgehead atoms. The van der Waals surface area contributed by atoms with Gasteiger partial charge in [0.2, 0.25) is 0 Å². The number of amides is 1. The van der Waals surface area contributed by atoms with Gasteiger partial charge in [-0.2, -0.15) is 0 Å². The van der Waals surface area contributed by atoms with E-state index in [-0.39, 0.29) is 15.5 Å². The summed E-state index contributed by atoms with van der Waals surface area (Å²) >= 11 is 6.13. The zero-order valence-corrected chi connectivity index (χ0v) is 18.5. The lowest BCUT2D eigenvalue weighted by Gasteiger charge is -2.35. The second kappa shape index (κ2) is 8.73. The van der Waals surface area contributed by atoms with E-state index in [9.17, 15) is 13.2 Å². The van der Waals surface area contributed by atoms with Gasteiger partial charge >= 0.3 is 0 Å². The summed E-state index contributed by atoms with van der Waals surface area (Å²) in [4.78, 5) is 17.5. The highest BCUT2D eigenvalue weighted by Crippen LogP contribution is 2.26. The van der Waals surface area contributed by atoms with Gasteiger partial charge in [-0.15, -0.1) is 0 Å². The second-order valence-corrected chi connectivity index (χ2v) is 9.71. The van der Waals surface area contributed by atoms with Crippen molar-refractivity contribution in [3.8, 4) is 0 Å². The average Bonchev–Trinajstić information content (AvgIpc) is 2.69. The number of rotatable bonds is 5. The minimum atomic E-state index is -3.43. The summed E-state index contributed by atoms with van der Waals surface area (Å²) in [5.74, 6) is -0.437. The van der Waals surface area contributed by atoms with E-state index in [1.807, 2.05) is 19.1 Å². The number of likely N-dealkylation sites (N-methyl/N-ethyl adjacent to an activating group) is 1. The summed E-state index contributed by atoms with van der Waals surface area (Å²) in [7, 11) is -3.43. The molecule has 2 aromatic carbocycles. The molecule has 1 N–H and O–H groups in total.